The van der Waals surface area contributed by atoms with Gasteiger partial charge in [0.1, 0.15) is 11.8 Å². The van der Waals surface area contributed by atoms with Gasteiger partial charge in [-0.15, -0.1) is 9.90 Å². The lowest BCUT2D eigenvalue weighted by atomic mass is 10.2. The third kappa shape index (κ3) is 1.59. The molecule has 17 heavy (non-hydrogen) atoms. The summed E-state index contributed by atoms with van der Waals surface area (Å²) in [6.45, 7) is 0. The van der Waals surface area contributed by atoms with Gasteiger partial charge in [-0.1, -0.05) is 23.3 Å². The normalized spacial score (nSPS) is 10.3. The number of nitriles is 1. The molecule has 3 rings (SSSR count). The van der Waals surface area contributed by atoms with Gasteiger partial charge in [-0.25, -0.2) is 0 Å². The third-order valence-electron chi connectivity index (χ3n) is 2.32. The van der Waals surface area contributed by atoms with Crippen molar-refractivity contribution in [3.63, 3.8) is 0 Å². The maximum absolute atomic E-state index is 8.63. The first-order valence-corrected chi connectivity index (χ1v) is 4.92. The molecule has 6 heteroatoms. The Hall–Kier alpha value is -2.81. The summed E-state index contributed by atoms with van der Waals surface area (Å²) in [4.78, 5) is 5.57. The smallest absolute Gasteiger partial charge is 0.254 e. The van der Waals surface area contributed by atoms with Crippen molar-refractivity contribution in [3.05, 3.63) is 42.4 Å². The average Bonchev–Trinajstić information content (AvgIpc) is 2.87. The van der Waals surface area contributed by atoms with E-state index in [1.54, 1.807) is 6.20 Å². The maximum atomic E-state index is 8.63. The molecule has 1 aromatic carbocycles. The zero-order chi connectivity index (χ0) is 11.7. The van der Waals surface area contributed by atoms with E-state index in [0.717, 1.165) is 10.9 Å². The van der Waals surface area contributed by atoms with Crippen LogP contribution in [0.25, 0.3) is 16.6 Å². The van der Waals surface area contributed by atoms with Gasteiger partial charge >= 0.3 is 0 Å². The summed E-state index contributed by atoms with van der Waals surface area (Å²) in [7, 11) is 0. The zero-order valence-corrected chi connectivity index (χ0v) is 8.65. The predicted octanol–water partition coefficient (Wildman–Crippen LogP) is 1.08. The number of rotatable bonds is 1. The maximum Gasteiger partial charge on any atom is 0.274 e. The molecule has 6 nitrogen and oxygen atoms in total. The van der Waals surface area contributed by atoms with Crippen molar-refractivity contribution in [3.8, 4) is 11.8 Å². The topological polar surface area (TPSA) is 80.3 Å². The fraction of sp³-hybridized carbons (Fsp3) is 0. The summed E-state index contributed by atoms with van der Waals surface area (Å²) >= 11 is 0. The SMILES string of the molecule is N#Cc1nnn(-c2cnc3ccccc3c2)n1. The number of para-hydroxylation sites is 1. The Balaban J connectivity index is 2.15. The molecule has 0 spiro atoms. The van der Waals surface area contributed by atoms with Crippen molar-refractivity contribution < 1.29 is 0 Å². The molecule has 0 saturated carbocycles. The quantitative estimate of drug-likeness (QED) is 0.615. The second-order valence-corrected chi connectivity index (χ2v) is 3.40. The van der Waals surface area contributed by atoms with Crippen LogP contribution in [0.4, 0.5) is 0 Å². The van der Waals surface area contributed by atoms with Gasteiger partial charge in [-0.2, -0.15) is 5.26 Å². The highest BCUT2D eigenvalue weighted by atomic mass is 15.6. The van der Waals surface area contributed by atoms with Crippen molar-refractivity contribution in [1.29, 1.82) is 5.26 Å². The fourth-order valence-electron chi connectivity index (χ4n) is 1.54. The molecule has 0 aliphatic rings. The van der Waals surface area contributed by atoms with Gasteiger partial charge in [-0.3, -0.25) is 4.98 Å². The molecule has 0 N–H and O–H groups in total. The van der Waals surface area contributed by atoms with Gasteiger partial charge < -0.3 is 0 Å². The molecular weight excluding hydrogens is 216 g/mol. The van der Waals surface area contributed by atoms with Crippen molar-refractivity contribution in [2.24, 2.45) is 0 Å². The Kier molecular flexibility index (Phi) is 2.02. The van der Waals surface area contributed by atoms with Gasteiger partial charge in [0.2, 0.25) is 0 Å². The lowest BCUT2D eigenvalue weighted by Crippen LogP contribution is -1.99. The van der Waals surface area contributed by atoms with Crippen LogP contribution in [0.1, 0.15) is 5.82 Å². The van der Waals surface area contributed by atoms with Crippen LogP contribution in [0.5, 0.6) is 0 Å². The van der Waals surface area contributed by atoms with Crippen LogP contribution in [-0.4, -0.2) is 25.2 Å². The molecular formula is C11H6N6. The van der Waals surface area contributed by atoms with Crippen molar-refractivity contribution in [2.45, 2.75) is 0 Å². The molecule has 3 aromatic rings. The molecule has 0 aliphatic carbocycles. The van der Waals surface area contributed by atoms with E-state index in [2.05, 4.69) is 20.4 Å². The van der Waals surface area contributed by atoms with Crippen LogP contribution >= 0.6 is 0 Å². The molecule has 0 unspecified atom stereocenters. The zero-order valence-electron chi connectivity index (χ0n) is 8.65. The molecule has 2 aromatic heterocycles. The fourth-order valence-corrected chi connectivity index (χ4v) is 1.54. The first kappa shape index (κ1) is 9.42. The largest absolute Gasteiger partial charge is 0.274 e. The first-order chi connectivity index (χ1) is 8.36. The van der Waals surface area contributed by atoms with Gasteiger partial charge in [-0.05, 0) is 17.3 Å². The number of pyridine rings is 1. The van der Waals surface area contributed by atoms with Crippen LogP contribution in [-0.2, 0) is 0 Å². The van der Waals surface area contributed by atoms with Crippen LogP contribution in [0.15, 0.2) is 36.5 Å². The van der Waals surface area contributed by atoms with E-state index in [0.29, 0.717) is 5.69 Å². The van der Waals surface area contributed by atoms with E-state index in [1.165, 1.54) is 4.80 Å². The summed E-state index contributed by atoms with van der Waals surface area (Å²) in [5.41, 5.74) is 1.58. The number of hydrogen-bond acceptors (Lipinski definition) is 5. The van der Waals surface area contributed by atoms with E-state index in [9.17, 15) is 0 Å². The van der Waals surface area contributed by atoms with Gasteiger partial charge in [0.05, 0.1) is 11.7 Å². The Morgan fingerprint density at radius 1 is 1.24 bits per heavy atom. The molecule has 0 aliphatic heterocycles. The van der Waals surface area contributed by atoms with Gasteiger partial charge in [0.15, 0.2) is 0 Å². The molecule has 0 bridgehead atoms. The Bertz CT molecular complexity index is 724. The van der Waals surface area contributed by atoms with Crippen molar-refractivity contribution >= 4 is 10.9 Å². The Morgan fingerprint density at radius 2 is 2.12 bits per heavy atom. The molecule has 0 fully saturated rings. The lowest BCUT2D eigenvalue weighted by molar-refractivity contribution is 0.718. The number of nitrogens with zero attached hydrogens (tertiary/aromatic N) is 6. The van der Waals surface area contributed by atoms with Gasteiger partial charge in [0, 0.05) is 5.39 Å². The van der Waals surface area contributed by atoms with Crippen molar-refractivity contribution in [1.82, 2.24) is 25.2 Å². The van der Waals surface area contributed by atoms with Crippen LogP contribution in [0.3, 0.4) is 0 Å². The molecule has 0 amide bonds. The summed E-state index contributed by atoms with van der Waals surface area (Å²) in [6, 6.07) is 11.5. The van der Waals surface area contributed by atoms with Crippen molar-refractivity contribution in [2.75, 3.05) is 0 Å². The lowest BCUT2D eigenvalue weighted by Gasteiger charge is -2.00. The van der Waals surface area contributed by atoms with E-state index in [-0.39, 0.29) is 5.82 Å². The monoisotopic (exact) mass is 222 g/mol. The number of aromatic nitrogens is 5. The molecule has 0 atom stereocenters. The highest BCUT2D eigenvalue weighted by molar-refractivity contribution is 5.79. The minimum atomic E-state index is 0.0400. The number of tetrazole rings is 1. The number of fused-ring (bicyclic) bond motifs is 1. The van der Waals surface area contributed by atoms with Crippen LogP contribution in [0, 0.1) is 11.3 Å². The van der Waals surface area contributed by atoms with E-state index in [4.69, 9.17) is 5.26 Å². The average molecular weight is 222 g/mol. The minimum absolute atomic E-state index is 0.0400. The Morgan fingerprint density at radius 3 is 2.94 bits per heavy atom. The molecule has 80 valence electrons. The first-order valence-electron chi connectivity index (χ1n) is 4.92. The molecule has 2 heterocycles. The second-order valence-electron chi connectivity index (χ2n) is 3.40. The van der Waals surface area contributed by atoms with E-state index < -0.39 is 0 Å². The number of hydrogen-bond donors (Lipinski definition) is 0. The summed E-state index contributed by atoms with van der Waals surface area (Å²) in [6.07, 6.45) is 1.64. The number of benzene rings is 1. The Labute approximate surface area is 96.1 Å². The second kappa shape index (κ2) is 3.64. The minimum Gasteiger partial charge on any atom is -0.254 e. The van der Waals surface area contributed by atoms with Gasteiger partial charge in [0.25, 0.3) is 5.82 Å². The summed E-state index contributed by atoms with van der Waals surface area (Å²) < 4.78 is 0. The standard InChI is InChI=1S/C11H6N6/c12-6-11-14-16-17(15-11)9-5-8-3-1-2-4-10(8)13-7-9/h1-5,7H. The predicted molar refractivity (Wildman–Crippen MR) is 59.2 cm³/mol. The van der Waals surface area contributed by atoms with Crippen LogP contribution in [0.2, 0.25) is 0 Å². The van der Waals surface area contributed by atoms with E-state index in [1.807, 2.05) is 36.4 Å². The van der Waals surface area contributed by atoms with Crippen LogP contribution < -0.4 is 0 Å². The molecule has 0 radical (unpaired) electrons. The third-order valence-corrected chi connectivity index (χ3v) is 2.32. The van der Waals surface area contributed by atoms with E-state index >= 15 is 0 Å². The highest BCUT2D eigenvalue weighted by Gasteiger charge is 2.04. The molecule has 0 saturated heterocycles. The summed E-state index contributed by atoms with van der Waals surface area (Å²) in [5.74, 6) is 0.0400. The highest BCUT2D eigenvalue weighted by Crippen LogP contribution is 2.14. The summed E-state index contributed by atoms with van der Waals surface area (Å²) in [5, 5.41) is 20.9.